The van der Waals surface area contributed by atoms with Gasteiger partial charge in [0.15, 0.2) is 0 Å². The Kier molecular flexibility index (Phi) is 5.28. The first kappa shape index (κ1) is 17.2. The van der Waals surface area contributed by atoms with Gasteiger partial charge in [0.25, 0.3) is 10.0 Å². The van der Waals surface area contributed by atoms with Crippen LogP contribution >= 0.6 is 0 Å². The quantitative estimate of drug-likeness (QED) is 0.800. The number of carbonyl (C=O) groups is 1. The Labute approximate surface area is 138 Å². The van der Waals surface area contributed by atoms with Gasteiger partial charge in [-0.25, -0.2) is 18.4 Å². The highest BCUT2D eigenvalue weighted by Crippen LogP contribution is 2.18. The second-order valence-corrected chi connectivity index (χ2v) is 6.14. The van der Waals surface area contributed by atoms with Crippen LogP contribution in [0.2, 0.25) is 0 Å². The molecule has 0 aliphatic rings. The molecule has 0 aliphatic carbocycles. The summed E-state index contributed by atoms with van der Waals surface area (Å²) < 4.78 is 31.8. The molecular weight excluding hydrogens is 334 g/mol. The minimum Gasteiger partial charge on any atom is -0.481 e. The second kappa shape index (κ2) is 7.38. The third kappa shape index (κ3) is 4.40. The van der Waals surface area contributed by atoms with Gasteiger partial charge >= 0.3 is 0 Å². The molecule has 0 bridgehead atoms. The predicted octanol–water partition coefficient (Wildman–Crippen LogP) is 1.14. The van der Waals surface area contributed by atoms with Crippen molar-refractivity contribution in [2.45, 2.75) is 11.3 Å². The number of hydrogen-bond acceptors (Lipinski definition) is 7. The molecule has 9 nitrogen and oxygen atoms in total. The van der Waals surface area contributed by atoms with Crippen LogP contribution in [0.4, 0.5) is 11.5 Å². The molecule has 0 radical (unpaired) electrons. The predicted molar refractivity (Wildman–Crippen MR) is 84.7 cm³/mol. The number of ether oxygens (including phenoxy) is 1. The van der Waals surface area contributed by atoms with Crippen molar-refractivity contribution >= 4 is 27.4 Å². The summed E-state index contributed by atoms with van der Waals surface area (Å²) in [6, 6.07) is 8.55. The van der Waals surface area contributed by atoms with Crippen molar-refractivity contribution in [1.82, 2.24) is 9.97 Å². The van der Waals surface area contributed by atoms with Crippen LogP contribution in [0.3, 0.4) is 0 Å². The Balaban J connectivity index is 2.14. The number of rotatable bonds is 6. The average molecular weight is 347 g/mol. The Morgan fingerprint density at radius 1 is 1.29 bits per heavy atom. The molecule has 0 atom stereocenters. The van der Waals surface area contributed by atoms with Gasteiger partial charge in [0.05, 0.1) is 18.1 Å². The zero-order valence-electron chi connectivity index (χ0n) is 12.6. The monoisotopic (exact) mass is 347 g/mol. The van der Waals surface area contributed by atoms with Crippen molar-refractivity contribution in [2.75, 3.05) is 17.1 Å². The molecule has 1 amide bonds. The minimum atomic E-state index is -3.85. The number of methoxy groups -OCH3 is 1. The Morgan fingerprint density at radius 2 is 2.00 bits per heavy atom. The van der Waals surface area contributed by atoms with Gasteiger partial charge in [-0.1, -0.05) is 0 Å². The van der Waals surface area contributed by atoms with Crippen molar-refractivity contribution in [3.8, 4) is 11.9 Å². The Morgan fingerprint density at radius 3 is 2.62 bits per heavy atom. The summed E-state index contributed by atoms with van der Waals surface area (Å²) in [6.07, 6.45) is 0.891. The fraction of sp³-hybridized carbons (Fsp3) is 0.143. The molecule has 24 heavy (non-hydrogen) atoms. The van der Waals surface area contributed by atoms with Gasteiger partial charge in [-0.05, 0) is 24.3 Å². The molecule has 2 N–H and O–H groups in total. The molecule has 2 aromatic rings. The molecule has 0 saturated carbocycles. The lowest BCUT2D eigenvalue weighted by atomic mass is 10.3. The van der Waals surface area contributed by atoms with E-state index in [9.17, 15) is 13.2 Å². The summed E-state index contributed by atoms with van der Waals surface area (Å²) in [5.74, 6) is -0.189. The Bertz CT molecular complexity index is 875. The average Bonchev–Trinajstić information content (AvgIpc) is 2.55. The Hall–Kier alpha value is -3.19. The molecule has 1 heterocycles. The van der Waals surface area contributed by atoms with Gasteiger partial charge in [0, 0.05) is 11.8 Å². The number of carbonyl (C=O) groups excluding carboxylic acids is 1. The van der Waals surface area contributed by atoms with E-state index in [1.54, 1.807) is 6.07 Å². The molecule has 0 spiro atoms. The molecule has 1 aromatic heterocycles. The molecule has 10 heteroatoms. The lowest BCUT2D eigenvalue weighted by molar-refractivity contribution is -0.115. The van der Waals surface area contributed by atoms with Gasteiger partial charge in [-0.2, -0.15) is 5.26 Å². The SMILES string of the molecule is COc1cc(NS(=O)(=O)c2ccc(NC(=O)CC#N)cc2)ncn1. The number of hydrogen-bond donors (Lipinski definition) is 2. The number of nitriles is 1. The number of anilines is 2. The molecule has 2 rings (SSSR count). The number of amides is 1. The highest BCUT2D eigenvalue weighted by atomic mass is 32.2. The number of nitrogens with one attached hydrogen (secondary N) is 2. The van der Waals surface area contributed by atoms with E-state index in [1.165, 1.54) is 43.8 Å². The highest BCUT2D eigenvalue weighted by Gasteiger charge is 2.15. The van der Waals surface area contributed by atoms with E-state index in [2.05, 4.69) is 20.0 Å². The number of benzene rings is 1. The van der Waals surface area contributed by atoms with Crippen LogP contribution in [-0.4, -0.2) is 31.4 Å². The van der Waals surface area contributed by atoms with Crippen molar-refractivity contribution < 1.29 is 17.9 Å². The summed E-state index contributed by atoms with van der Waals surface area (Å²) in [5, 5.41) is 10.9. The smallest absolute Gasteiger partial charge is 0.263 e. The van der Waals surface area contributed by atoms with E-state index in [4.69, 9.17) is 10.00 Å². The van der Waals surface area contributed by atoms with Gasteiger partial charge in [-0.3, -0.25) is 9.52 Å². The van der Waals surface area contributed by atoms with Crippen molar-refractivity contribution in [3.05, 3.63) is 36.7 Å². The van der Waals surface area contributed by atoms with Crippen LogP contribution in [0.25, 0.3) is 0 Å². The molecular formula is C14H13N5O4S. The highest BCUT2D eigenvalue weighted by molar-refractivity contribution is 7.92. The van der Waals surface area contributed by atoms with E-state index < -0.39 is 15.9 Å². The molecule has 124 valence electrons. The van der Waals surface area contributed by atoms with Gasteiger partial charge in [0.2, 0.25) is 11.8 Å². The van der Waals surface area contributed by atoms with Crippen LogP contribution in [0.15, 0.2) is 41.6 Å². The lowest BCUT2D eigenvalue weighted by Gasteiger charge is -2.09. The molecule has 1 aromatic carbocycles. The summed E-state index contributed by atoms with van der Waals surface area (Å²) in [5.41, 5.74) is 0.387. The van der Waals surface area contributed by atoms with E-state index in [0.29, 0.717) is 5.69 Å². The summed E-state index contributed by atoms with van der Waals surface area (Å²) in [4.78, 5) is 18.9. The van der Waals surface area contributed by atoms with Crippen molar-refractivity contribution in [2.24, 2.45) is 0 Å². The van der Waals surface area contributed by atoms with Gasteiger partial charge in [-0.15, -0.1) is 0 Å². The maximum Gasteiger partial charge on any atom is 0.263 e. The third-order valence-corrected chi connectivity index (χ3v) is 4.15. The zero-order valence-corrected chi connectivity index (χ0v) is 13.4. The largest absolute Gasteiger partial charge is 0.481 e. The summed E-state index contributed by atoms with van der Waals surface area (Å²) in [6.45, 7) is 0. The zero-order chi connectivity index (χ0) is 17.6. The fourth-order valence-corrected chi connectivity index (χ4v) is 2.70. The van der Waals surface area contributed by atoms with E-state index in [0.717, 1.165) is 0 Å². The minimum absolute atomic E-state index is 0.0154. The summed E-state index contributed by atoms with van der Waals surface area (Å²) in [7, 11) is -2.45. The molecule has 0 saturated heterocycles. The third-order valence-electron chi connectivity index (χ3n) is 2.78. The number of nitrogens with zero attached hydrogens (tertiary/aromatic N) is 3. The van der Waals surface area contributed by atoms with E-state index in [1.807, 2.05) is 0 Å². The maximum absolute atomic E-state index is 12.3. The maximum atomic E-state index is 12.3. The van der Waals surface area contributed by atoms with Crippen LogP contribution < -0.4 is 14.8 Å². The first-order chi connectivity index (χ1) is 11.4. The summed E-state index contributed by atoms with van der Waals surface area (Å²) >= 11 is 0. The van der Waals surface area contributed by atoms with Crippen LogP contribution in [0.5, 0.6) is 5.88 Å². The van der Waals surface area contributed by atoms with Crippen LogP contribution in [-0.2, 0) is 14.8 Å². The fourth-order valence-electron chi connectivity index (χ4n) is 1.70. The first-order valence-electron chi connectivity index (χ1n) is 6.60. The standard InChI is InChI=1S/C14H13N5O4S/c1-23-14-8-12(16-9-17-14)19-24(21,22)11-4-2-10(3-5-11)18-13(20)6-7-15/h2-5,8-9H,6H2,1H3,(H,18,20)(H,16,17,19). The van der Waals surface area contributed by atoms with E-state index in [-0.39, 0.29) is 23.0 Å². The van der Waals surface area contributed by atoms with Gasteiger partial charge in [0.1, 0.15) is 18.6 Å². The van der Waals surface area contributed by atoms with Crippen LogP contribution in [0.1, 0.15) is 6.42 Å². The topological polar surface area (TPSA) is 134 Å². The van der Waals surface area contributed by atoms with Crippen molar-refractivity contribution in [1.29, 1.82) is 5.26 Å². The molecule has 0 fully saturated rings. The number of aromatic nitrogens is 2. The van der Waals surface area contributed by atoms with Crippen molar-refractivity contribution in [3.63, 3.8) is 0 Å². The number of sulfonamides is 1. The van der Waals surface area contributed by atoms with E-state index >= 15 is 0 Å². The molecule has 0 unspecified atom stereocenters. The van der Waals surface area contributed by atoms with Gasteiger partial charge < -0.3 is 10.1 Å². The first-order valence-corrected chi connectivity index (χ1v) is 8.08. The molecule has 0 aliphatic heterocycles. The second-order valence-electron chi connectivity index (χ2n) is 4.46. The lowest BCUT2D eigenvalue weighted by Crippen LogP contribution is -2.14. The van der Waals surface area contributed by atoms with Crippen LogP contribution in [0, 0.1) is 11.3 Å². The normalized spacial score (nSPS) is 10.5.